The fraction of sp³-hybridized carbons (Fsp3) is 0.450. The van der Waals surface area contributed by atoms with Gasteiger partial charge in [0.25, 0.3) is 5.91 Å². The van der Waals surface area contributed by atoms with Crippen LogP contribution in [0.4, 0.5) is 0 Å². The first-order valence-corrected chi connectivity index (χ1v) is 9.61. The van der Waals surface area contributed by atoms with E-state index >= 15 is 0 Å². The van der Waals surface area contributed by atoms with Crippen LogP contribution in [0, 0.1) is 0 Å². The van der Waals surface area contributed by atoms with Crippen LogP contribution in [0.2, 0.25) is 0 Å². The minimum absolute atomic E-state index is 0.0297. The highest BCUT2D eigenvalue weighted by molar-refractivity contribution is 5.93. The van der Waals surface area contributed by atoms with E-state index in [1.165, 1.54) is 0 Å². The summed E-state index contributed by atoms with van der Waals surface area (Å²) in [5, 5.41) is 10.8. The van der Waals surface area contributed by atoms with Crippen molar-refractivity contribution in [1.29, 1.82) is 0 Å². The Bertz CT molecular complexity index is 798. The van der Waals surface area contributed by atoms with Crippen molar-refractivity contribution in [2.45, 2.75) is 31.3 Å². The Hall–Kier alpha value is -2.67. The zero-order valence-electron chi connectivity index (χ0n) is 15.3. The van der Waals surface area contributed by atoms with E-state index in [9.17, 15) is 9.59 Å². The Morgan fingerprint density at radius 1 is 1.15 bits per heavy atom. The van der Waals surface area contributed by atoms with Gasteiger partial charge < -0.3 is 15.5 Å². The minimum Gasteiger partial charge on any atom is -0.354 e. The van der Waals surface area contributed by atoms with Crippen LogP contribution in [-0.4, -0.2) is 52.7 Å². The number of amides is 2. The predicted molar refractivity (Wildman–Crippen MR) is 101 cm³/mol. The molecule has 27 heavy (non-hydrogen) atoms. The highest BCUT2D eigenvalue weighted by atomic mass is 16.2. The summed E-state index contributed by atoms with van der Waals surface area (Å²) in [5.74, 6) is -0.152. The van der Waals surface area contributed by atoms with Gasteiger partial charge in [-0.25, -0.2) is 0 Å². The van der Waals surface area contributed by atoms with E-state index in [4.69, 9.17) is 0 Å². The monoisotopic (exact) mass is 367 g/mol. The number of hydrogen-bond donors (Lipinski definition) is 2. The van der Waals surface area contributed by atoms with Gasteiger partial charge in [-0.15, -0.1) is 0 Å². The fourth-order valence-electron chi connectivity index (χ4n) is 3.91. The van der Waals surface area contributed by atoms with Crippen LogP contribution in [0.3, 0.4) is 0 Å². The van der Waals surface area contributed by atoms with E-state index in [-0.39, 0.29) is 30.3 Å². The molecule has 142 valence electrons. The second-order valence-corrected chi connectivity index (χ2v) is 7.16. The van der Waals surface area contributed by atoms with E-state index in [0.717, 1.165) is 31.5 Å². The predicted octanol–water partition coefficient (Wildman–Crippen LogP) is 1.51. The number of piperidine rings is 1. The first kappa shape index (κ1) is 17.7. The standard InChI is InChI=1S/C20H25N5O2/c26-19-13-18(15-5-2-1-3-6-15)24(12-10-22-19)20(27)17-8-11-25(23-17)16-7-4-9-21-14-16/h1-3,5-6,8,11,16,18,21H,4,7,9-10,12-14H2,(H,22,26). The highest BCUT2D eigenvalue weighted by Crippen LogP contribution is 2.27. The minimum atomic E-state index is -0.275. The Morgan fingerprint density at radius 2 is 2.00 bits per heavy atom. The summed E-state index contributed by atoms with van der Waals surface area (Å²) in [6, 6.07) is 11.6. The quantitative estimate of drug-likeness (QED) is 0.862. The molecule has 0 aliphatic carbocycles. The molecule has 2 fully saturated rings. The largest absolute Gasteiger partial charge is 0.354 e. The average Bonchev–Trinajstić information content (AvgIpc) is 3.13. The van der Waals surface area contributed by atoms with Crippen LogP contribution in [-0.2, 0) is 4.79 Å². The van der Waals surface area contributed by atoms with Gasteiger partial charge >= 0.3 is 0 Å². The highest BCUT2D eigenvalue weighted by Gasteiger charge is 2.31. The molecule has 0 saturated carbocycles. The number of benzene rings is 1. The van der Waals surface area contributed by atoms with Crippen molar-refractivity contribution >= 4 is 11.8 Å². The Kier molecular flexibility index (Phi) is 5.20. The van der Waals surface area contributed by atoms with Crippen LogP contribution in [0.15, 0.2) is 42.6 Å². The molecule has 2 aliphatic heterocycles. The third-order valence-corrected chi connectivity index (χ3v) is 5.35. The summed E-state index contributed by atoms with van der Waals surface area (Å²) in [6.07, 6.45) is 4.34. The van der Waals surface area contributed by atoms with Gasteiger partial charge in [-0.2, -0.15) is 5.10 Å². The zero-order valence-corrected chi connectivity index (χ0v) is 15.3. The molecule has 2 N–H and O–H groups in total. The SMILES string of the molecule is O=C1CC(c2ccccc2)N(C(=O)c2ccn(C3CCCNC3)n2)CCN1. The second-order valence-electron chi connectivity index (χ2n) is 7.16. The Balaban J connectivity index is 1.58. The molecule has 1 aromatic carbocycles. The van der Waals surface area contributed by atoms with Crippen molar-refractivity contribution in [2.75, 3.05) is 26.2 Å². The van der Waals surface area contributed by atoms with Gasteiger partial charge in [0, 0.05) is 25.8 Å². The molecule has 0 radical (unpaired) electrons. The summed E-state index contributed by atoms with van der Waals surface area (Å²) in [4.78, 5) is 27.1. The molecule has 7 nitrogen and oxygen atoms in total. The smallest absolute Gasteiger partial charge is 0.274 e. The summed E-state index contributed by atoms with van der Waals surface area (Å²) in [5.41, 5.74) is 1.41. The van der Waals surface area contributed by atoms with Crippen molar-refractivity contribution in [2.24, 2.45) is 0 Å². The van der Waals surface area contributed by atoms with Crippen molar-refractivity contribution in [3.63, 3.8) is 0 Å². The Labute approximate surface area is 158 Å². The number of carbonyl (C=O) groups excluding carboxylic acids is 2. The van der Waals surface area contributed by atoms with E-state index in [1.807, 2.05) is 41.2 Å². The van der Waals surface area contributed by atoms with Crippen LogP contribution in [0.25, 0.3) is 0 Å². The molecule has 2 atom stereocenters. The van der Waals surface area contributed by atoms with Crippen molar-refractivity contribution < 1.29 is 9.59 Å². The van der Waals surface area contributed by atoms with Gasteiger partial charge in [-0.3, -0.25) is 14.3 Å². The van der Waals surface area contributed by atoms with Gasteiger partial charge in [-0.05, 0) is 31.0 Å². The molecule has 2 amide bonds. The van der Waals surface area contributed by atoms with Crippen LogP contribution in [0.5, 0.6) is 0 Å². The number of carbonyl (C=O) groups is 2. The third kappa shape index (κ3) is 3.88. The lowest BCUT2D eigenvalue weighted by Gasteiger charge is -2.29. The summed E-state index contributed by atoms with van der Waals surface area (Å²) < 4.78 is 1.90. The molecule has 2 saturated heterocycles. The van der Waals surface area contributed by atoms with Gasteiger partial charge in [0.1, 0.15) is 5.69 Å². The van der Waals surface area contributed by atoms with E-state index in [2.05, 4.69) is 15.7 Å². The molecule has 7 heteroatoms. The van der Waals surface area contributed by atoms with E-state index < -0.39 is 0 Å². The third-order valence-electron chi connectivity index (χ3n) is 5.35. The summed E-state index contributed by atoms with van der Waals surface area (Å²) in [6.45, 7) is 2.85. The first-order chi connectivity index (χ1) is 13.2. The maximum Gasteiger partial charge on any atom is 0.274 e. The van der Waals surface area contributed by atoms with E-state index in [1.54, 1.807) is 11.0 Å². The molecule has 2 aromatic rings. The van der Waals surface area contributed by atoms with Crippen LogP contribution in [0.1, 0.15) is 47.4 Å². The number of aromatic nitrogens is 2. The van der Waals surface area contributed by atoms with Crippen LogP contribution < -0.4 is 10.6 Å². The normalized spacial score (nSPS) is 23.6. The number of rotatable bonds is 3. The van der Waals surface area contributed by atoms with Crippen molar-refractivity contribution in [3.05, 3.63) is 53.9 Å². The van der Waals surface area contributed by atoms with Gasteiger partial charge in [-0.1, -0.05) is 30.3 Å². The molecule has 2 unspecified atom stereocenters. The van der Waals surface area contributed by atoms with Gasteiger partial charge in [0.15, 0.2) is 0 Å². The average molecular weight is 367 g/mol. The molecular formula is C20H25N5O2. The second kappa shape index (κ2) is 7.92. The molecular weight excluding hydrogens is 342 g/mol. The number of nitrogens with one attached hydrogen (secondary N) is 2. The summed E-state index contributed by atoms with van der Waals surface area (Å²) >= 11 is 0. The number of nitrogens with zero attached hydrogens (tertiary/aromatic N) is 3. The maximum absolute atomic E-state index is 13.2. The van der Waals surface area contributed by atoms with Crippen LogP contribution >= 0.6 is 0 Å². The fourth-order valence-corrected chi connectivity index (χ4v) is 3.91. The topological polar surface area (TPSA) is 79.3 Å². The molecule has 4 rings (SSSR count). The lowest BCUT2D eigenvalue weighted by Crippen LogP contribution is -2.37. The summed E-state index contributed by atoms with van der Waals surface area (Å²) in [7, 11) is 0. The lowest BCUT2D eigenvalue weighted by molar-refractivity contribution is -0.121. The lowest BCUT2D eigenvalue weighted by atomic mass is 10.0. The van der Waals surface area contributed by atoms with E-state index in [0.29, 0.717) is 18.8 Å². The molecule has 2 aliphatic rings. The molecule has 1 aromatic heterocycles. The first-order valence-electron chi connectivity index (χ1n) is 9.61. The van der Waals surface area contributed by atoms with Gasteiger partial charge in [0.2, 0.25) is 5.91 Å². The number of hydrogen-bond acceptors (Lipinski definition) is 4. The molecule has 0 bridgehead atoms. The molecule has 3 heterocycles. The Morgan fingerprint density at radius 3 is 2.78 bits per heavy atom. The van der Waals surface area contributed by atoms with Gasteiger partial charge in [0.05, 0.1) is 18.5 Å². The van der Waals surface area contributed by atoms with Crippen molar-refractivity contribution in [1.82, 2.24) is 25.3 Å². The molecule has 0 spiro atoms. The maximum atomic E-state index is 13.2. The zero-order chi connectivity index (χ0) is 18.6. The van der Waals surface area contributed by atoms with Crippen molar-refractivity contribution in [3.8, 4) is 0 Å².